The van der Waals surface area contributed by atoms with Crippen molar-refractivity contribution in [3.63, 3.8) is 0 Å². The number of carbonyl (C=O) groups excluding carboxylic acids is 1. The lowest BCUT2D eigenvalue weighted by atomic mass is 9.64. The van der Waals surface area contributed by atoms with Gasteiger partial charge in [-0.1, -0.05) is 13.8 Å². The van der Waals surface area contributed by atoms with Crippen LogP contribution in [0, 0.1) is 53.9 Å². The molecule has 0 saturated heterocycles. The highest BCUT2D eigenvalue weighted by atomic mass is 16.5. The van der Waals surface area contributed by atoms with Crippen LogP contribution in [0.25, 0.3) is 0 Å². The molecule has 4 aliphatic rings. The van der Waals surface area contributed by atoms with Gasteiger partial charge < -0.3 is 4.74 Å². The highest BCUT2D eigenvalue weighted by Gasteiger charge is 2.66. The maximum absolute atomic E-state index is 11.3. The standard InChI is InChI=1S/C17H22O2/c1-4-15(18)19-14-6-10-5-13(14)17-12-7-11(16(10)17)8(2)9(12)3/h4,8-14,16-17H,5-7H2,2-3H3. The van der Waals surface area contributed by atoms with Crippen LogP contribution in [0.15, 0.2) is 6.08 Å². The molecule has 0 amide bonds. The first-order valence-corrected chi connectivity index (χ1v) is 7.83. The summed E-state index contributed by atoms with van der Waals surface area (Å²) in [6.07, 6.45) is 4.69. The van der Waals surface area contributed by atoms with Crippen LogP contribution in [0.1, 0.15) is 33.1 Å². The predicted octanol–water partition coefficient (Wildman–Crippen LogP) is 2.96. The molecule has 0 aromatic carbocycles. The first-order valence-electron chi connectivity index (χ1n) is 7.83. The van der Waals surface area contributed by atoms with Gasteiger partial charge in [-0.05, 0) is 73.2 Å². The Bertz CT molecular complexity index is 429. The van der Waals surface area contributed by atoms with Gasteiger partial charge in [-0.3, -0.25) is 0 Å². The summed E-state index contributed by atoms with van der Waals surface area (Å²) >= 11 is 0. The monoisotopic (exact) mass is 258 g/mol. The highest BCUT2D eigenvalue weighted by Crippen LogP contribution is 2.70. The van der Waals surface area contributed by atoms with Crippen LogP contribution in [0.5, 0.6) is 0 Å². The van der Waals surface area contributed by atoms with Crippen LogP contribution in [0.3, 0.4) is 0 Å². The molecule has 4 aliphatic carbocycles. The van der Waals surface area contributed by atoms with Crippen molar-refractivity contribution in [1.29, 1.82) is 0 Å². The molecule has 0 aliphatic heterocycles. The minimum Gasteiger partial charge on any atom is -0.459 e. The summed E-state index contributed by atoms with van der Waals surface area (Å²) in [5, 5.41) is 0. The van der Waals surface area contributed by atoms with Gasteiger partial charge in [-0.25, -0.2) is 4.79 Å². The van der Waals surface area contributed by atoms with E-state index in [9.17, 15) is 4.79 Å². The summed E-state index contributed by atoms with van der Waals surface area (Å²) in [6, 6.07) is 0. The van der Waals surface area contributed by atoms with E-state index in [2.05, 4.69) is 13.8 Å². The second-order valence-corrected chi connectivity index (χ2v) is 7.45. The van der Waals surface area contributed by atoms with Crippen LogP contribution in [-0.2, 0) is 9.53 Å². The molecule has 19 heavy (non-hydrogen) atoms. The molecule has 0 aromatic heterocycles. The third-order valence-corrected chi connectivity index (χ3v) is 7.17. The van der Waals surface area contributed by atoms with E-state index in [0.717, 1.165) is 53.9 Å². The smallest absolute Gasteiger partial charge is 0.331 e. The largest absolute Gasteiger partial charge is 0.459 e. The normalized spacial score (nSPS) is 57.3. The van der Waals surface area contributed by atoms with Crippen molar-refractivity contribution >= 4 is 5.97 Å². The lowest BCUT2D eigenvalue weighted by molar-refractivity contribution is -0.148. The molecule has 2 nitrogen and oxygen atoms in total. The van der Waals surface area contributed by atoms with Crippen molar-refractivity contribution in [3.05, 3.63) is 12.7 Å². The number of hydrogen-bond donors (Lipinski definition) is 0. The van der Waals surface area contributed by atoms with Crippen LogP contribution in [-0.4, -0.2) is 12.1 Å². The van der Waals surface area contributed by atoms with Crippen LogP contribution in [0.4, 0.5) is 0 Å². The van der Waals surface area contributed by atoms with Gasteiger partial charge in [0.1, 0.15) is 6.10 Å². The minimum absolute atomic E-state index is 0.113. The second-order valence-electron chi connectivity index (χ2n) is 7.45. The van der Waals surface area contributed by atoms with Gasteiger partial charge in [0.15, 0.2) is 0 Å². The molecule has 0 heterocycles. The molecule has 9 unspecified atom stereocenters. The third-order valence-electron chi connectivity index (χ3n) is 7.17. The van der Waals surface area contributed by atoms with E-state index in [1.165, 1.54) is 12.8 Å². The van der Waals surface area contributed by atoms with Gasteiger partial charge in [0, 0.05) is 6.08 Å². The Morgan fingerprint density at radius 3 is 2.42 bits per heavy atom. The molecular weight excluding hydrogens is 236 g/mol. The summed E-state index contributed by atoms with van der Waals surface area (Å²) in [5.41, 5.74) is 0. The van der Waals surface area contributed by atoms with E-state index in [-0.39, 0.29) is 6.10 Å². The number of hydrogen-bond acceptors (Lipinski definition) is 2. The average molecular weight is 258 g/mol. The molecular formula is C17H22O2. The first kappa shape index (κ1) is 12.0. The van der Waals surface area contributed by atoms with Gasteiger partial charge in [-0.2, -0.15) is 0 Å². The quantitative estimate of drug-likeness (QED) is 0.432. The van der Waals surface area contributed by atoms with E-state index in [1.54, 1.807) is 0 Å². The third kappa shape index (κ3) is 1.41. The Balaban J connectivity index is 1.57. The van der Waals surface area contributed by atoms with Crippen molar-refractivity contribution in [2.45, 2.75) is 39.2 Å². The molecule has 0 spiro atoms. The van der Waals surface area contributed by atoms with Crippen molar-refractivity contribution in [3.8, 4) is 0 Å². The lowest BCUT2D eigenvalue weighted by Gasteiger charge is -2.43. The molecule has 2 heteroatoms. The maximum Gasteiger partial charge on any atom is 0.331 e. The van der Waals surface area contributed by atoms with Gasteiger partial charge in [0.05, 0.1) is 0 Å². The summed E-state index contributed by atoms with van der Waals surface area (Å²) in [6.45, 7) is 11.9. The van der Waals surface area contributed by atoms with Gasteiger partial charge >= 0.3 is 5.97 Å². The number of carbonyl (C=O) groups is 1. The highest BCUT2D eigenvalue weighted by molar-refractivity contribution is 5.81. The fourth-order valence-electron chi connectivity index (χ4n) is 6.49. The van der Waals surface area contributed by atoms with E-state index < -0.39 is 5.97 Å². The summed E-state index contributed by atoms with van der Waals surface area (Å²) < 4.78 is 5.49. The SMILES string of the molecule is [C]=CC(=O)OC1CC2CC1C1C3CC(C(C)C3C)C21. The zero-order chi connectivity index (χ0) is 13.3. The van der Waals surface area contributed by atoms with Crippen LogP contribution in [0.2, 0.25) is 0 Å². The second kappa shape index (κ2) is 3.86. The minimum atomic E-state index is -0.446. The van der Waals surface area contributed by atoms with Gasteiger partial charge in [-0.15, -0.1) is 0 Å². The van der Waals surface area contributed by atoms with Crippen molar-refractivity contribution in [2.75, 3.05) is 0 Å². The van der Waals surface area contributed by atoms with E-state index >= 15 is 0 Å². The summed E-state index contributed by atoms with van der Waals surface area (Å²) in [7, 11) is 0. The van der Waals surface area contributed by atoms with E-state index in [1.807, 2.05) is 0 Å². The van der Waals surface area contributed by atoms with E-state index in [4.69, 9.17) is 11.3 Å². The lowest BCUT2D eigenvalue weighted by Crippen LogP contribution is -2.41. The maximum atomic E-state index is 11.3. The number of fused-ring (bicyclic) bond motifs is 9. The Labute approximate surface area is 115 Å². The van der Waals surface area contributed by atoms with Crippen LogP contribution >= 0.6 is 0 Å². The molecule has 102 valence electrons. The van der Waals surface area contributed by atoms with Crippen molar-refractivity contribution in [2.24, 2.45) is 47.3 Å². The molecule has 0 N–H and O–H groups in total. The van der Waals surface area contributed by atoms with Crippen molar-refractivity contribution in [1.82, 2.24) is 0 Å². The topological polar surface area (TPSA) is 26.3 Å². The number of ether oxygens (including phenoxy) is 1. The number of rotatable bonds is 2. The number of esters is 1. The van der Waals surface area contributed by atoms with Crippen LogP contribution < -0.4 is 0 Å². The Hall–Kier alpha value is -0.790. The Morgan fingerprint density at radius 2 is 1.74 bits per heavy atom. The molecule has 4 bridgehead atoms. The molecule has 9 atom stereocenters. The van der Waals surface area contributed by atoms with E-state index in [0.29, 0.717) is 5.92 Å². The Morgan fingerprint density at radius 1 is 1.05 bits per heavy atom. The summed E-state index contributed by atoms with van der Waals surface area (Å²) in [5.74, 6) is 6.26. The average Bonchev–Trinajstić information content (AvgIpc) is 3.09. The fraction of sp³-hybridized carbons (Fsp3) is 0.824. The Kier molecular flexibility index (Phi) is 2.44. The molecule has 0 aromatic rings. The zero-order valence-electron chi connectivity index (χ0n) is 11.7. The zero-order valence-corrected chi connectivity index (χ0v) is 11.7. The van der Waals surface area contributed by atoms with Gasteiger partial charge in [0.25, 0.3) is 0 Å². The molecule has 2 radical (unpaired) electrons. The summed E-state index contributed by atoms with van der Waals surface area (Å²) in [4.78, 5) is 11.3. The molecule has 4 saturated carbocycles. The molecule has 4 fully saturated rings. The fourth-order valence-corrected chi connectivity index (χ4v) is 6.49. The predicted molar refractivity (Wildman–Crippen MR) is 70.8 cm³/mol. The first-order chi connectivity index (χ1) is 9.11. The van der Waals surface area contributed by atoms with Crippen molar-refractivity contribution < 1.29 is 9.53 Å². The molecule has 4 rings (SSSR count). The van der Waals surface area contributed by atoms with Gasteiger partial charge in [0.2, 0.25) is 0 Å².